The van der Waals surface area contributed by atoms with Crippen molar-refractivity contribution in [2.24, 2.45) is 0 Å². The lowest BCUT2D eigenvalue weighted by molar-refractivity contribution is -0.129. The molecule has 4 rings (SSSR count). The molecule has 3 heterocycles. The van der Waals surface area contributed by atoms with Gasteiger partial charge in [-0.25, -0.2) is 9.97 Å². The lowest BCUT2D eigenvalue weighted by Gasteiger charge is -2.32. The van der Waals surface area contributed by atoms with Gasteiger partial charge in [-0.1, -0.05) is 23.7 Å². The Labute approximate surface area is 175 Å². The molecule has 1 aliphatic rings. The predicted octanol–water partition coefficient (Wildman–Crippen LogP) is 4.28. The summed E-state index contributed by atoms with van der Waals surface area (Å²) < 4.78 is 0. The molecule has 7 heteroatoms. The average molecular weight is 408 g/mol. The summed E-state index contributed by atoms with van der Waals surface area (Å²) in [4.78, 5) is 27.1. The van der Waals surface area contributed by atoms with Crippen molar-refractivity contribution in [2.45, 2.75) is 25.8 Å². The van der Waals surface area contributed by atoms with E-state index in [0.717, 1.165) is 48.6 Å². The number of hydrogen-bond donors (Lipinski definition) is 1. The zero-order valence-electron chi connectivity index (χ0n) is 16.2. The maximum absolute atomic E-state index is 11.6. The van der Waals surface area contributed by atoms with Gasteiger partial charge in [-0.05, 0) is 37.1 Å². The molecule has 1 aliphatic heterocycles. The van der Waals surface area contributed by atoms with Gasteiger partial charge in [-0.2, -0.15) is 0 Å². The SMILES string of the molecule is CC(=O)N1CCC(Nc2cc(-c3ccc(Cl)cc3)nc(-c3cccnc3)n2)CC1. The van der Waals surface area contributed by atoms with Crippen LogP contribution >= 0.6 is 11.6 Å². The highest BCUT2D eigenvalue weighted by molar-refractivity contribution is 6.30. The number of anilines is 1. The van der Waals surface area contributed by atoms with Gasteiger partial charge in [0.1, 0.15) is 5.82 Å². The molecule has 1 aromatic carbocycles. The Balaban J connectivity index is 1.63. The van der Waals surface area contributed by atoms with Gasteiger partial charge in [-0.15, -0.1) is 0 Å². The topological polar surface area (TPSA) is 71.0 Å². The second-order valence-electron chi connectivity index (χ2n) is 7.14. The summed E-state index contributed by atoms with van der Waals surface area (Å²) in [6.45, 7) is 3.14. The first-order valence-corrected chi connectivity index (χ1v) is 10.0. The minimum Gasteiger partial charge on any atom is -0.367 e. The molecule has 0 bridgehead atoms. The standard InChI is InChI=1S/C22H22ClN5O/c1-15(29)28-11-8-19(9-12-28)25-21-13-20(16-4-6-18(23)7-5-16)26-22(27-21)17-3-2-10-24-14-17/h2-7,10,13-14,19H,8-9,11-12H2,1H3,(H,25,26,27). The van der Waals surface area contributed by atoms with Crippen molar-refractivity contribution < 1.29 is 4.79 Å². The molecule has 0 spiro atoms. The van der Waals surface area contributed by atoms with Crippen molar-refractivity contribution in [2.75, 3.05) is 18.4 Å². The number of pyridine rings is 1. The van der Waals surface area contributed by atoms with Crippen molar-refractivity contribution in [3.05, 3.63) is 59.9 Å². The first kappa shape index (κ1) is 19.3. The molecule has 1 amide bonds. The Kier molecular flexibility index (Phi) is 5.71. The van der Waals surface area contributed by atoms with E-state index in [9.17, 15) is 4.79 Å². The lowest BCUT2D eigenvalue weighted by Crippen LogP contribution is -2.41. The molecule has 1 N–H and O–H groups in total. The zero-order chi connectivity index (χ0) is 20.2. The first-order valence-electron chi connectivity index (χ1n) is 9.66. The van der Waals surface area contributed by atoms with Crippen LogP contribution < -0.4 is 5.32 Å². The first-order chi connectivity index (χ1) is 14.1. The van der Waals surface area contributed by atoms with Gasteiger partial charge in [0.25, 0.3) is 0 Å². The Morgan fingerprint density at radius 1 is 1.10 bits per heavy atom. The summed E-state index contributed by atoms with van der Waals surface area (Å²) in [6, 6.07) is 13.7. The normalized spacial score (nSPS) is 14.6. The minimum atomic E-state index is 0.134. The van der Waals surface area contributed by atoms with E-state index in [1.54, 1.807) is 19.3 Å². The fourth-order valence-electron chi connectivity index (χ4n) is 3.46. The smallest absolute Gasteiger partial charge is 0.219 e. The number of amides is 1. The number of halogens is 1. The maximum atomic E-state index is 11.6. The Bertz CT molecular complexity index is 986. The summed E-state index contributed by atoms with van der Waals surface area (Å²) in [5.41, 5.74) is 2.65. The molecule has 0 aliphatic carbocycles. The van der Waals surface area contributed by atoms with Gasteiger partial charge in [-0.3, -0.25) is 9.78 Å². The molecule has 2 aromatic heterocycles. The fourth-order valence-corrected chi connectivity index (χ4v) is 3.59. The van der Waals surface area contributed by atoms with E-state index in [1.807, 2.05) is 47.4 Å². The highest BCUT2D eigenvalue weighted by Gasteiger charge is 2.21. The number of nitrogens with zero attached hydrogens (tertiary/aromatic N) is 4. The third-order valence-corrected chi connectivity index (χ3v) is 5.33. The van der Waals surface area contributed by atoms with Crippen molar-refractivity contribution in [3.63, 3.8) is 0 Å². The van der Waals surface area contributed by atoms with Crippen molar-refractivity contribution >= 4 is 23.3 Å². The third-order valence-electron chi connectivity index (χ3n) is 5.08. The van der Waals surface area contributed by atoms with Crippen LogP contribution in [0.15, 0.2) is 54.9 Å². The Morgan fingerprint density at radius 3 is 2.52 bits per heavy atom. The van der Waals surface area contributed by atoms with Crippen LogP contribution in [0, 0.1) is 0 Å². The van der Waals surface area contributed by atoms with Crippen LogP contribution in [-0.4, -0.2) is 44.9 Å². The Hall–Kier alpha value is -2.99. The van der Waals surface area contributed by atoms with Gasteiger partial charge in [0.05, 0.1) is 5.69 Å². The quantitative estimate of drug-likeness (QED) is 0.698. The second-order valence-corrected chi connectivity index (χ2v) is 7.57. The summed E-state index contributed by atoms with van der Waals surface area (Å²) in [5.74, 6) is 1.52. The largest absolute Gasteiger partial charge is 0.367 e. The third kappa shape index (κ3) is 4.71. The highest BCUT2D eigenvalue weighted by atomic mass is 35.5. The van der Waals surface area contributed by atoms with Crippen LogP contribution in [0.2, 0.25) is 5.02 Å². The second kappa shape index (κ2) is 8.57. The zero-order valence-corrected chi connectivity index (χ0v) is 16.9. The van der Waals surface area contributed by atoms with Crippen LogP contribution in [0.5, 0.6) is 0 Å². The van der Waals surface area contributed by atoms with Crippen molar-refractivity contribution in [1.82, 2.24) is 19.9 Å². The maximum Gasteiger partial charge on any atom is 0.219 e. The molecule has 3 aromatic rings. The van der Waals surface area contributed by atoms with Crippen molar-refractivity contribution in [3.8, 4) is 22.6 Å². The molecule has 1 saturated heterocycles. The van der Waals surface area contributed by atoms with E-state index in [0.29, 0.717) is 10.8 Å². The highest BCUT2D eigenvalue weighted by Crippen LogP contribution is 2.26. The molecule has 1 fully saturated rings. The molecule has 6 nitrogen and oxygen atoms in total. The van der Waals surface area contributed by atoms with E-state index in [4.69, 9.17) is 21.6 Å². The fraction of sp³-hybridized carbons (Fsp3) is 0.273. The van der Waals surface area contributed by atoms with E-state index in [-0.39, 0.29) is 11.9 Å². The van der Waals surface area contributed by atoms with E-state index >= 15 is 0 Å². The summed E-state index contributed by atoms with van der Waals surface area (Å²) in [7, 11) is 0. The molecule has 148 valence electrons. The molecule has 0 unspecified atom stereocenters. The van der Waals surface area contributed by atoms with Crippen molar-refractivity contribution in [1.29, 1.82) is 0 Å². The number of carbonyl (C=O) groups excluding carboxylic acids is 1. The monoisotopic (exact) mass is 407 g/mol. The van der Waals surface area contributed by atoms with Crippen LogP contribution in [0.25, 0.3) is 22.6 Å². The molecular formula is C22H22ClN5O. The average Bonchev–Trinajstić information content (AvgIpc) is 2.75. The summed E-state index contributed by atoms with van der Waals surface area (Å²) in [6.07, 6.45) is 5.27. The lowest BCUT2D eigenvalue weighted by atomic mass is 10.0. The molecule has 0 radical (unpaired) electrons. The number of hydrogen-bond acceptors (Lipinski definition) is 5. The molecular weight excluding hydrogens is 386 g/mol. The van der Waals surface area contributed by atoms with E-state index in [2.05, 4.69) is 10.3 Å². The van der Waals surface area contributed by atoms with Crippen LogP contribution in [-0.2, 0) is 4.79 Å². The predicted molar refractivity (Wildman–Crippen MR) is 115 cm³/mol. The molecule has 0 saturated carbocycles. The van der Waals surface area contributed by atoms with Gasteiger partial charge in [0.2, 0.25) is 5.91 Å². The summed E-state index contributed by atoms with van der Waals surface area (Å²) >= 11 is 6.04. The van der Waals surface area contributed by atoms with Gasteiger partial charge in [0.15, 0.2) is 5.82 Å². The number of aromatic nitrogens is 3. The Morgan fingerprint density at radius 2 is 1.86 bits per heavy atom. The number of piperidine rings is 1. The number of nitrogens with one attached hydrogen (secondary N) is 1. The van der Waals surface area contributed by atoms with Crippen LogP contribution in [0.1, 0.15) is 19.8 Å². The minimum absolute atomic E-state index is 0.134. The van der Waals surface area contributed by atoms with Gasteiger partial charge in [0, 0.05) is 60.7 Å². The molecule has 29 heavy (non-hydrogen) atoms. The number of rotatable bonds is 4. The number of benzene rings is 1. The van der Waals surface area contributed by atoms with Crippen LogP contribution in [0.3, 0.4) is 0 Å². The summed E-state index contributed by atoms with van der Waals surface area (Å²) in [5, 5.41) is 4.22. The van der Waals surface area contributed by atoms with Gasteiger partial charge < -0.3 is 10.2 Å². The van der Waals surface area contributed by atoms with E-state index in [1.165, 1.54) is 0 Å². The molecule has 0 atom stereocenters. The van der Waals surface area contributed by atoms with Crippen LogP contribution in [0.4, 0.5) is 5.82 Å². The van der Waals surface area contributed by atoms with Gasteiger partial charge >= 0.3 is 0 Å². The van der Waals surface area contributed by atoms with E-state index < -0.39 is 0 Å². The number of likely N-dealkylation sites (tertiary alicyclic amines) is 1. The number of carbonyl (C=O) groups is 1.